The van der Waals surface area contributed by atoms with Crippen LogP contribution in [0.15, 0.2) is 16.7 Å². The van der Waals surface area contributed by atoms with Crippen molar-refractivity contribution in [1.29, 1.82) is 0 Å². The Morgan fingerprint density at radius 2 is 2.12 bits per heavy atom. The van der Waals surface area contributed by atoms with Crippen LogP contribution in [0.25, 0.3) is 0 Å². The zero-order valence-electron chi connectivity index (χ0n) is 11.2. The molecule has 2 nitrogen and oxygen atoms in total. The smallest absolute Gasteiger partial charge is 0.120 e. The van der Waals surface area contributed by atoms with Gasteiger partial charge in [-0.25, -0.2) is 0 Å². The Bertz CT molecular complexity index is 325. The van der Waals surface area contributed by atoms with Crippen molar-refractivity contribution in [2.45, 2.75) is 65.0 Å². The largest absolute Gasteiger partial charge is 0.468 e. The van der Waals surface area contributed by atoms with Crippen LogP contribution in [0.2, 0.25) is 0 Å². The van der Waals surface area contributed by atoms with Crippen LogP contribution in [-0.4, -0.2) is 6.04 Å². The normalized spacial score (nSPS) is 19.4. The molecule has 0 aliphatic heterocycles. The fraction of sp³-hybridized carbons (Fsp3) is 0.733. The molecule has 1 N–H and O–H groups in total. The molecule has 1 fully saturated rings. The zero-order valence-corrected chi connectivity index (χ0v) is 11.2. The summed E-state index contributed by atoms with van der Waals surface area (Å²) in [5, 5.41) is 3.69. The first-order chi connectivity index (χ1) is 8.31. The Labute approximate surface area is 105 Å². The van der Waals surface area contributed by atoms with Gasteiger partial charge in [0.05, 0.1) is 12.8 Å². The third-order valence-electron chi connectivity index (χ3n) is 4.15. The third kappa shape index (κ3) is 3.35. The molecule has 1 unspecified atom stereocenters. The van der Waals surface area contributed by atoms with Crippen molar-refractivity contribution in [2.24, 2.45) is 5.92 Å². The van der Waals surface area contributed by atoms with E-state index >= 15 is 0 Å². The number of rotatable bonds is 5. The van der Waals surface area contributed by atoms with E-state index in [1.165, 1.54) is 44.1 Å². The van der Waals surface area contributed by atoms with Crippen LogP contribution < -0.4 is 5.32 Å². The molecular formula is C15H25NO. The first-order valence-corrected chi connectivity index (χ1v) is 7.07. The Kier molecular flexibility index (Phi) is 4.66. The van der Waals surface area contributed by atoms with Crippen molar-refractivity contribution in [1.82, 2.24) is 5.32 Å². The second-order valence-electron chi connectivity index (χ2n) is 5.32. The van der Waals surface area contributed by atoms with Crippen molar-refractivity contribution >= 4 is 0 Å². The third-order valence-corrected chi connectivity index (χ3v) is 4.15. The molecule has 0 aromatic carbocycles. The average molecular weight is 235 g/mol. The van der Waals surface area contributed by atoms with Crippen molar-refractivity contribution in [3.05, 3.63) is 23.7 Å². The quantitative estimate of drug-likeness (QED) is 0.833. The molecule has 1 atom stereocenters. The predicted octanol–water partition coefficient (Wildman–Crippen LogP) is 4.04. The van der Waals surface area contributed by atoms with Gasteiger partial charge in [0, 0.05) is 6.04 Å². The summed E-state index contributed by atoms with van der Waals surface area (Å²) in [6.45, 7) is 5.29. The molecule has 1 aliphatic carbocycles. The average Bonchev–Trinajstić information content (AvgIpc) is 2.77. The van der Waals surface area contributed by atoms with E-state index in [9.17, 15) is 0 Å². The standard InChI is InChI=1S/C15H25NO/c1-3-14(13-7-5-4-6-8-13)16-11-15-12(2)9-10-17-15/h9-10,13-14,16H,3-8,11H2,1-2H3. The summed E-state index contributed by atoms with van der Waals surface area (Å²) in [5.74, 6) is 1.98. The van der Waals surface area contributed by atoms with E-state index in [1.54, 1.807) is 6.26 Å². The molecule has 2 heteroatoms. The number of hydrogen-bond acceptors (Lipinski definition) is 2. The Hall–Kier alpha value is -0.760. The van der Waals surface area contributed by atoms with Crippen molar-refractivity contribution in [2.75, 3.05) is 0 Å². The zero-order chi connectivity index (χ0) is 12.1. The minimum atomic E-state index is 0.666. The molecule has 17 heavy (non-hydrogen) atoms. The van der Waals surface area contributed by atoms with Crippen molar-refractivity contribution in [3.8, 4) is 0 Å². The van der Waals surface area contributed by atoms with Gasteiger partial charge in [0.25, 0.3) is 0 Å². The van der Waals surface area contributed by atoms with Crippen molar-refractivity contribution in [3.63, 3.8) is 0 Å². The molecular weight excluding hydrogens is 210 g/mol. The monoisotopic (exact) mass is 235 g/mol. The molecule has 1 aliphatic rings. The number of furan rings is 1. The van der Waals surface area contributed by atoms with Gasteiger partial charge >= 0.3 is 0 Å². The van der Waals surface area contributed by atoms with Crippen LogP contribution in [-0.2, 0) is 6.54 Å². The number of hydrogen-bond donors (Lipinski definition) is 1. The summed E-state index contributed by atoms with van der Waals surface area (Å²) in [4.78, 5) is 0. The van der Waals surface area contributed by atoms with E-state index in [0.29, 0.717) is 6.04 Å². The SMILES string of the molecule is CCC(NCc1occc1C)C1CCCCC1. The molecule has 1 aromatic heterocycles. The predicted molar refractivity (Wildman–Crippen MR) is 70.9 cm³/mol. The minimum Gasteiger partial charge on any atom is -0.468 e. The van der Waals surface area contributed by atoms with Gasteiger partial charge in [0.2, 0.25) is 0 Å². The molecule has 1 heterocycles. The molecule has 1 saturated carbocycles. The van der Waals surface area contributed by atoms with Gasteiger partial charge in [-0.2, -0.15) is 0 Å². The highest BCUT2D eigenvalue weighted by Gasteiger charge is 2.22. The fourth-order valence-corrected chi connectivity index (χ4v) is 2.99. The Morgan fingerprint density at radius 3 is 2.71 bits per heavy atom. The molecule has 0 bridgehead atoms. The van der Waals surface area contributed by atoms with Gasteiger partial charge in [0.1, 0.15) is 5.76 Å². The maximum Gasteiger partial charge on any atom is 0.120 e. The highest BCUT2D eigenvalue weighted by Crippen LogP contribution is 2.28. The van der Waals surface area contributed by atoms with Crippen LogP contribution in [0.1, 0.15) is 56.8 Å². The topological polar surface area (TPSA) is 25.2 Å². The Balaban J connectivity index is 1.84. The van der Waals surface area contributed by atoms with Crippen LogP contribution >= 0.6 is 0 Å². The second-order valence-corrected chi connectivity index (χ2v) is 5.32. The van der Waals surface area contributed by atoms with Crippen LogP contribution in [0.4, 0.5) is 0 Å². The lowest BCUT2D eigenvalue weighted by Gasteiger charge is -2.30. The summed E-state index contributed by atoms with van der Waals surface area (Å²) < 4.78 is 5.48. The number of aryl methyl sites for hydroxylation is 1. The Morgan fingerprint density at radius 1 is 1.35 bits per heavy atom. The lowest BCUT2D eigenvalue weighted by molar-refractivity contribution is 0.257. The molecule has 2 rings (SSSR count). The maximum atomic E-state index is 5.48. The highest BCUT2D eigenvalue weighted by molar-refractivity contribution is 5.14. The maximum absolute atomic E-state index is 5.48. The molecule has 0 spiro atoms. The van der Waals surface area contributed by atoms with E-state index in [0.717, 1.165) is 18.2 Å². The lowest BCUT2D eigenvalue weighted by atomic mass is 9.83. The summed E-state index contributed by atoms with van der Waals surface area (Å²) in [6, 6.07) is 2.71. The van der Waals surface area contributed by atoms with Gasteiger partial charge in [-0.3, -0.25) is 0 Å². The van der Waals surface area contributed by atoms with Crippen molar-refractivity contribution < 1.29 is 4.42 Å². The van der Waals surface area contributed by atoms with Crippen LogP contribution in [0, 0.1) is 12.8 Å². The minimum absolute atomic E-state index is 0.666. The summed E-state index contributed by atoms with van der Waals surface area (Å²) in [5.41, 5.74) is 1.26. The van der Waals surface area contributed by atoms with E-state index in [2.05, 4.69) is 19.2 Å². The summed E-state index contributed by atoms with van der Waals surface area (Å²) in [6.07, 6.45) is 10.1. The first-order valence-electron chi connectivity index (χ1n) is 7.07. The van der Waals surface area contributed by atoms with E-state index < -0.39 is 0 Å². The second kappa shape index (κ2) is 6.25. The lowest BCUT2D eigenvalue weighted by Crippen LogP contribution is -2.36. The van der Waals surface area contributed by atoms with Gasteiger partial charge in [-0.05, 0) is 43.7 Å². The fourth-order valence-electron chi connectivity index (χ4n) is 2.99. The van der Waals surface area contributed by atoms with Crippen LogP contribution in [0.5, 0.6) is 0 Å². The van der Waals surface area contributed by atoms with E-state index in [1.807, 2.05) is 6.07 Å². The molecule has 0 amide bonds. The van der Waals surface area contributed by atoms with E-state index in [4.69, 9.17) is 4.42 Å². The molecule has 0 saturated heterocycles. The first kappa shape index (κ1) is 12.7. The van der Waals surface area contributed by atoms with Gasteiger partial charge < -0.3 is 9.73 Å². The van der Waals surface area contributed by atoms with Gasteiger partial charge in [-0.1, -0.05) is 26.2 Å². The van der Waals surface area contributed by atoms with Crippen LogP contribution in [0.3, 0.4) is 0 Å². The van der Waals surface area contributed by atoms with E-state index in [-0.39, 0.29) is 0 Å². The molecule has 0 radical (unpaired) electrons. The van der Waals surface area contributed by atoms with Gasteiger partial charge in [0.15, 0.2) is 0 Å². The summed E-state index contributed by atoms with van der Waals surface area (Å²) >= 11 is 0. The van der Waals surface area contributed by atoms with Gasteiger partial charge in [-0.15, -0.1) is 0 Å². The molecule has 96 valence electrons. The highest BCUT2D eigenvalue weighted by atomic mass is 16.3. The molecule has 1 aromatic rings. The number of nitrogens with one attached hydrogen (secondary N) is 1. The summed E-state index contributed by atoms with van der Waals surface area (Å²) in [7, 11) is 0.